The van der Waals surface area contributed by atoms with Crippen molar-refractivity contribution < 1.29 is 18.7 Å². The lowest BCUT2D eigenvalue weighted by Gasteiger charge is -2.28. The first-order valence-corrected chi connectivity index (χ1v) is 11.2. The molecule has 0 aliphatic heterocycles. The maximum absolute atomic E-state index is 12.5. The number of esters is 1. The van der Waals surface area contributed by atoms with Crippen molar-refractivity contribution >= 4 is 40.9 Å². The predicted molar refractivity (Wildman–Crippen MR) is 125 cm³/mol. The molecule has 1 aromatic heterocycles. The van der Waals surface area contributed by atoms with E-state index in [0.717, 1.165) is 25.7 Å². The lowest BCUT2D eigenvalue weighted by atomic mass is 9.77. The van der Waals surface area contributed by atoms with Crippen LogP contribution < -0.4 is 10.6 Å². The van der Waals surface area contributed by atoms with Crippen LogP contribution in [0.1, 0.15) is 54.3 Å². The summed E-state index contributed by atoms with van der Waals surface area (Å²) in [5, 5.41) is 14.0. The van der Waals surface area contributed by atoms with Gasteiger partial charge in [-0.05, 0) is 79.5 Å². The fraction of sp³-hybridized carbons (Fsp3) is 0.333. The SMILES string of the molecule is COC(=O)CC1CCC(c2ccc(NC(=O)c3nnc(Nc4ccc(Cl)cc4)o3)cc2)CC1. The molecular weight excluding hydrogens is 444 g/mol. The van der Waals surface area contributed by atoms with Gasteiger partial charge in [0.25, 0.3) is 0 Å². The molecule has 1 amide bonds. The molecule has 0 unspecified atom stereocenters. The zero-order valence-corrected chi connectivity index (χ0v) is 19.0. The van der Waals surface area contributed by atoms with Gasteiger partial charge in [0.2, 0.25) is 0 Å². The predicted octanol–water partition coefficient (Wildman–Crippen LogP) is 5.56. The minimum Gasteiger partial charge on any atom is -0.469 e. The molecule has 1 fully saturated rings. The second-order valence-corrected chi connectivity index (χ2v) is 8.55. The minimum atomic E-state index is -0.484. The van der Waals surface area contributed by atoms with Gasteiger partial charge in [-0.2, -0.15) is 0 Å². The molecule has 2 aromatic carbocycles. The molecule has 0 spiro atoms. The second-order valence-electron chi connectivity index (χ2n) is 8.12. The summed E-state index contributed by atoms with van der Waals surface area (Å²) in [7, 11) is 1.43. The van der Waals surface area contributed by atoms with Crippen LogP contribution in [0.2, 0.25) is 5.02 Å². The first-order chi connectivity index (χ1) is 16.0. The summed E-state index contributed by atoms with van der Waals surface area (Å²) < 4.78 is 10.2. The van der Waals surface area contributed by atoms with Gasteiger partial charge in [0.15, 0.2) is 0 Å². The molecule has 4 rings (SSSR count). The molecule has 1 heterocycles. The lowest BCUT2D eigenvalue weighted by molar-refractivity contribution is -0.142. The van der Waals surface area contributed by atoms with Crippen molar-refractivity contribution in [2.45, 2.75) is 38.0 Å². The largest absolute Gasteiger partial charge is 0.469 e. The van der Waals surface area contributed by atoms with E-state index in [1.54, 1.807) is 24.3 Å². The highest BCUT2D eigenvalue weighted by Gasteiger charge is 2.24. The number of carbonyl (C=O) groups excluding carboxylic acids is 2. The van der Waals surface area contributed by atoms with E-state index < -0.39 is 5.91 Å². The smallest absolute Gasteiger partial charge is 0.320 e. The van der Waals surface area contributed by atoms with E-state index in [4.69, 9.17) is 20.8 Å². The lowest BCUT2D eigenvalue weighted by Crippen LogP contribution is -2.17. The van der Waals surface area contributed by atoms with Crippen LogP contribution in [-0.2, 0) is 9.53 Å². The third kappa shape index (κ3) is 6.10. The van der Waals surface area contributed by atoms with Crippen molar-refractivity contribution in [1.29, 1.82) is 0 Å². The van der Waals surface area contributed by atoms with Gasteiger partial charge < -0.3 is 19.8 Å². The number of rotatable bonds is 7. The summed E-state index contributed by atoms with van der Waals surface area (Å²) in [5.74, 6) is 0.108. The van der Waals surface area contributed by atoms with Crippen LogP contribution in [0.15, 0.2) is 52.9 Å². The molecule has 0 atom stereocenters. The molecule has 1 aliphatic carbocycles. The number of carbonyl (C=O) groups is 2. The van der Waals surface area contributed by atoms with E-state index >= 15 is 0 Å². The van der Waals surface area contributed by atoms with Crippen molar-refractivity contribution in [1.82, 2.24) is 10.2 Å². The Hall–Kier alpha value is -3.39. The van der Waals surface area contributed by atoms with Crippen molar-refractivity contribution in [3.05, 3.63) is 65.0 Å². The quantitative estimate of drug-likeness (QED) is 0.437. The number of amides is 1. The summed E-state index contributed by atoms with van der Waals surface area (Å²) in [6, 6.07) is 14.9. The van der Waals surface area contributed by atoms with E-state index in [0.29, 0.717) is 34.7 Å². The number of ether oxygens (including phenoxy) is 1. The van der Waals surface area contributed by atoms with Gasteiger partial charge in [0.1, 0.15) is 0 Å². The number of benzene rings is 2. The van der Waals surface area contributed by atoms with Crippen LogP contribution in [0.3, 0.4) is 0 Å². The normalized spacial score (nSPS) is 17.9. The fourth-order valence-corrected chi connectivity index (χ4v) is 4.19. The van der Waals surface area contributed by atoms with E-state index in [-0.39, 0.29) is 17.9 Å². The second kappa shape index (κ2) is 10.5. The van der Waals surface area contributed by atoms with Crippen molar-refractivity contribution in [2.24, 2.45) is 5.92 Å². The highest BCUT2D eigenvalue weighted by molar-refractivity contribution is 6.30. The summed E-state index contributed by atoms with van der Waals surface area (Å²) in [4.78, 5) is 23.9. The molecule has 0 saturated heterocycles. The number of hydrogen-bond donors (Lipinski definition) is 2. The molecule has 0 radical (unpaired) electrons. The van der Waals surface area contributed by atoms with E-state index in [1.165, 1.54) is 12.7 Å². The average molecular weight is 469 g/mol. The number of nitrogens with zero attached hydrogens (tertiary/aromatic N) is 2. The maximum Gasteiger partial charge on any atom is 0.320 e. The van der Waals surface area contributed by atoms with Gasteiger partial charge in [0.05, 0.1) is 7.11 Å². The molecule has 3 aromatic rings. The third-order valence-electron chi connectivity index (χ3n) is 5.88. The molecule has 172 valence electrons. The van der Waals surface area contributed by atoms with Crippen LogP contribution in [0.4, 0.5) is 17.4 Å². The zero-order valence-electron chi connectivity index (χ0n) is 18.2. The fourth-order valence-electron chi connectivity index (χ4n) is 4.06. The standard InChI is InChI=1S/C24H25ClN4O4/c1-32-21(30)14-15-2-4-16(5-3-15)17-6-10-19(11-7-17)26-22(31)23-28-29-24(33-23)27-20-12-8-18(25)9-13-20/h6-13,15-16H,2-5,14H2,1H3,(H,26,31)(H,27,29). The van der Waals surface area contributed by atoms with Crippen LogP contribution in [0.25, 0.3) is 0 Å². The molecule has 9 heteroatoms. The molecule has 2 N–H and O–H groups in total. The van der Waals surface area contributed by atoms with Gasteiger partial charge in [-0.15, -0.1) is 5.10 Å². The Kier molecular flexibility index (Phi) is 7.24. The first-order valence-electron chi connectivity index (χ1n) is 10.8. The summed E-state index contributed by atoms with van der Waals surface area (Å²) >= 11 is 5.87. The van der Waals surface area contributed by atoms with Crippen molar-refractivity contribution in [3.63, 3.8) is 0 Å². The Bertz CT molecular complexity index is 1090. The Morgan fingerprint density at radius 1 is 1.00 bits per heavy atom. The van der Waals surface area contributed by atoms with Crippen LogP contribution in [-0.4, -0.2) is 29.2 Å². The number of hydrogen-bond acceptors (Lipinski definition) is 7. The Balaban J connectivity index is 1.29. The van der Waals surface area contributed by atoms with Gasteiger partial charge in [-0.1, -0.05) is 28.8 Å². The number of halogens is 1. The van der Waals surface area contributed by atoms with Gasteiger partial charge in [-0.25, -0.2) is 0 Å². The maximum atomic E-state index is 12.5. The van der Waals surface area contributed by atoms with E-state index in [1.807, 2.05) is 24.3 Å². The zero-order chi connectivity index (χ0) is 23.2. The third-order valence-corrected chi connectivity index (χ3v) is 6.14. The van der Waals surface area contributed by atoms with Crippen LogP contribution >= 0.6 is 11.6 Å². The van der Waals surface area contributed by atoms with Crippen molar-refractivity contribution in [2.75, 3.05) is 17.7 Å². The monoisotopic (exact) mass is 468 g/mol. The molecule has 33 heavy (non-hydrogen) atoms. The summed E-state index contributed by atoms with van der Waals surface area (Å²) in [6.45, 7) is 0. The molecule has 0 bridgehead atoms. The molecule has 1 aliphatic rings. The van der Waals surface area contributed by atoms with E-state index in [2.05, 4.69) is 20.8 Å². The highest BCUT2D eigenvalue weighted by Crippen LogP contribution is 2.37. The summed E-state index contributed by atoms with van der Waals surface area (Å²) in [6.07, 6.45) is 4.61. The number of anilines is 3. The number of methoxy groups -OCH3 is 1. The minimum absolute atomic E-state index is 0.112. The summed E-state index contributed by atoms with van der Waals surface area (Å²) in [5.41, 5.74) is 2.59. The Labute approximate surface area is 196 Å². The van der Waals surface area contributed by atoms with Gasteiger partial charge >= 0.3 is 23.8 Å². The first kappa shape index (κ1) is 22.8. The average Bonchev–Trinajstić information content (AvgIpc) is 3.30. The number of aromatic nitrogens is 2. The van der Waals surface area contributed by atoms with Crippen LogP contribution in [0.5, 0.6) is 0 Å². The Morgan fingerprint density at radius 2 is 1.67 bits per heavy atom. The van der Waals surface area contributed by atoms with Crippen molar-refractivity contribution in [3.8, 4) is 0 Å². The van der Waals surface area contributed by atoms with Gasteiger partial charge in [0, 0.05) is 22.8 Å². The van der Waals surface area contributed by atoms with Gasteiger partial charge in [-0.3, -0.25) is 9.59 Å². The number of nitrogens with one attached hydrogen (secondary N) is 2. The molecule has 8 nitrogen and oxygen atoms in total. The molecule has 1 saturated carbocycles. The Morgan fingerprint density at radius 3 is 2.33 bits per heavy atom. The molecular formula is C24H25ClN4O4. The highest BCUT2D eigenvalue weighted by atomic mass is 35.5. The van der Waals surface area contributed by atoms with E-state index in [9.17, 15) is 9.59 Å². The van der Waals surface area contributed by atoms with Crippen LogP contribution in [0, 0.1) is 5.92 Å². The topological polar surface area (TPSA) is 106 Å².